The highest BCUT2D eigenvalue weighted by molar-refractivity contribution is 6.06. The fourth-order valence-electron chi connectivity index (χ4n) is 8.07. The molecule has 9 rings (SSSR count). The van der Waals surface area contributed by atoms with Gasteiger partial charge in [-0.15, -0.1) is 10.2 Å². The zero-order valence-corrected chi connectivity index (χ0v) is 35.5. The fraction of sp³-hybridized carbons (Fsp3) is 0.381. The minimum absolute atomic E-state index is 0.114. The van der Waals surface area contributed by atoms with E-state index in [-0.39, 0.29) is 46.7 Å². The first-order valence-electron chi connectivity index (χ1n) is 20.8. The van der Waals surface area contributed by atoms with Crippen molar-refractivity contribution in [2.24, 2.45) is 11.8 Å². The molecule has 4 bridgehead atoms. The van der Waals surface area contributed by atoms with Crippen molar-refractivity contribution in [3.8, 4) is 11.4 Å². The van der Waals surface area contributed by atoms with E-state index in [0.29, 0.717) is 67.5 Å². The predicted molar refractivity (Wildman–Crippen MR) is 229 cm³/mol. The number of nitrogens with one attached hydrogen (secondary N) is 3. The molecule has 2 saturated heterocycles. The van der Waals surface area contributed by atoms with E-state index in [1.54, 1.807) is 24.3 Å². The van der Waals surface area contributed by atoms with E-state index in [0.717, 1.165) is 13.8 Å². The van der Waals surface area contributed by atoms with E-state index in [1.807, 2.05) is 9.80 Å². The Kier molecular flexibility index (Phi) is 12.5. The number of H-pyrrole nitrogens is 1. The lowest BCUT2D eigenvalue weighted by Crippen LogP contribution is -2.48. The molecule has 0 aliphatic carbocycles. The number of amides is 4. The zero-order valence-electron chi connectivity index (χ0n) is 35.5. The second-order valence-electron chi connectivity index (χ2n) is 16.3. The first-order valence-corrected chi connectivity index (χ1v) is 20.8. The van der Waals surface area contributed by atoms with Crippen molar-refractivity contribution in [1.82, 2.24) is 40.6 Å². The number of tetrazole rings is 1. The molecule has 4 atom stereocenters. The van der Waals surface area contributed by atoms with Crippen LogP contribution in [0.5, 0.6) is 0 Å². The van der Waals surface area contributed by atoms with Crippen LogP contribution in [0.4, 0.5) is 76.3 Å². The SMILES string of the molecule is C[C@@H](CC(=O)c1ccc2c(n1)N(C(=O)Nc1cc(-c3nn[nH]n3)ccn1)[C@H]1CCN2C1)C(F)(F)F.[C-]#[N+]c1ccnc(NC(=O)N2c3nc(C(=O)C[C@H](C)C(F)(F)F)ccc3N3CC[C@H]2C3)c1. The molecule has 0 unspecified atom stereocenters. The number of hydrogen-bond donors (Lipinski definition) is 3. The van der Waals surface area contributed by atoms with Gasteiger partial charge in [-0.3, -0.25) is 30.0 Å². The Labute approximate surface area is 376 Å². The van der Waals surface area contributed by atoms with Crippen LogP contribution >= 0.6 is 0 Å². The van der Waals surface area contributed by atoms with Gasteiger partial charge < -0.3 is 9.80 Å². The number of nitrogens with zero attached hydrogens (tertiary/aromatic N) is 12. The lowest BCUT2D eigenvalue weighted by molar-refractivity contribution is -0.169. The maximum Gasteiger partial charge on any atom is 0.391 e. The summed E-state index contributed by atoms with van der Waals surface area (Å²) < 4.78 is 77.4. The van der Waals surface area contributed by atoms with Crippen LogP contribution in [0.2, 0.25) is 0 Å². The summed E-state index contributed by atoms with van der Waals surface area (Å²) in [5, 5.41) is 19.1. The van der Waals surface area contributed by atoms with Crippen LogP contribution in [0, 0.1) is 18.4 Å². The largest absolute Gasteiger partial charge is 0.391 e. The van der Waals surface area contributed by atoms with Gasteiger partial charge in [-0.2, -0.15) is 31.6 Å². The lowest BCUT2D eigenvalue weighted by atomic mass is 10.0. The monoisotopic (exact) mass is 931 g/mol. The molecule has 0 spiro atoms. The topological polar surface area (TPSA) is 216 Å². The van der Waals surface area contributed by atoms with E-state index in [9.17, 15) is 45.5 Å². The molecule has 0 aromatic carbocycles. The molecule has 2 fully saturated rings. The van der Waals surface area contributed by atoms with Crippen molar-refractivity contribution >= 4 is 64.0 Å². The molecule has 19 nitrogen and oxygen atoms in total. The van der Waals surface area contributed by atoms with Crippen molar-refractivity contribution in [3.63, 3.8) is 0 Å². The standard InChI is InChI=1S/C21H20F3N9O2.C21H19F3N6O2/c1-11(21(22,23)24)8-16(34)14-2-3-15-19(26-14)33(13-5-7-32(15)10-13)20(35)27-17-9-12(4-6-25-17)18-28-30-31-29-18;1-12(21(22,23)24)9-17(31)15-3-4-16-19(27-15)30(14-6-8-29(16)11-14)20(32)28-18-10-13(25-2)5-7-26-18/h2-4,6,9,11,13H,5,7-8,10H2,1H3,(H,25,27,35)(H,28,29,30,31);3-5,7,10,12,14H,6,8-9,11H2,1H3,(H,26,28,32)/t11-,13-;12-,14-/m00/s1. The minimum atomic E-state index is -4.48. The highest BCUT2D eigenvalue weighted by Crippen LogP contribution is 2.41. The molecule has 4 aliphatic heterocycles. The number of ketones is 2. The number of alkyl halides is 6. The quantitative estimate of drug-likeness (QED) is 0.0743. The molecule has 9 heterocycles. The summed E-state index contributed by atoms with van der Waals surface area (Å²) in [6.45, 7) is 11.5. The van der Waals surface area contributed by atoms with Gasteiger partial charge >= 0.3 is 24.4 Å². The molecule has 67 heavy (non-hydrogen) atoms. The normalized spacial score (nSPS) is 17.9. The number of aromatic nitrogens is 8. The van der Waals surface area contributed by atoms with E-state index in [4.69, 9.17) is 6.57 Å². The molecule has 4 amide bonds. The minimum Gasteiger partial charge on any atom is -0.366 e. The van der Waals surface area contributed by atoms with Crippen molar-refractivity contribution in [1.29, 1.82) is 0 Å². The molecular formula is C42H39F6N15O4. The average Bonchev–Trinajstić information content (AvgIpc) is 4.08. The number of pyridine rings is 4. The van der Waals surface area contributed by atoms with Crippen molar-refractivity contribution < 1.29 is 45.5 Å². The van der Waals surface area contributed by atoms with Crippen molar-refractivity contribution in [3.05, 3.63) is 83.7 Å². The smallest absolute Gasteiger partial charge is 0.366 e. The molecule has 348 valence electrons. The highest BCUT2D eigenvalue weighted by atomic mass is 19.4. The van der Waals surface area contributed by atoms with Gasteiger partial charge in [0.25, 0.3) is 0 Å². The van der Waals surface area contributed by atoms with Gasteiger partial charge in [0.05, 0.1) is 41.9 Å². The van der Waals surface area contributed by atoms with E-state index < -0.39 is 60.7 Å². The van der Waals surface area contributed by atoms with Crippen LogP contribution in [0.3, 0.4) is 0 Å². The van der Waals surface area contributed by atoms with Crippen molar-refractivity contribution in [2.75, 3.05) is 56.4 Å². The Morgan fingerprint density at radius 1 is 0.746 bits per heavy atom. The summed E-state index contributed by atoms with van der Waals surface area (Å²) in [6, 6.07) is 10.8. The highest BCUT2D eigenvalue weighted by Gasteiger charge is 2.44. The number of rotatable bonds is 9. The number of urea groups is 2. The number of aromatic amines is 1. The third-order valence-electron chi connectivity index (χ3n) is 11.7. The van der Waals surface area contributed by atoms with Gasteiger partial charge in [0.15, 0.2) is 28.9 Å². The Morgan fingerprint density at radius 2 is 1.24 bits per heavy atom. The van der Waals surface area contributed by atoms with Gasteiger partial charge in [-0.1, -0.05) is 13.8 Å². The number of Topliss-reactive ketones (excluding diaryl/α,β-unsaturated/α-hetero) is 2. The van der Waals surface area contributed by atoms with Gasteiger partial charge in [0.1, 0.15) is 23.0 Å². The third-order valence-corrected chi connectivity index (χ3v) is 11.7. The van der Waals surface area contributed by atoms with Gasteiger partial charge in [0.2, 0.25) is 5.82 Å². The molecule has 4 aliphatic rings. The predicted octanol–water partition coefficient (Wildman–Crippen LogP) is 7.49. The van der Waals surface area contributed by atoms with Crippen LogP contribution in [0.15, 0.2) is 60.9 Å². The summed E-state index contributed by atoms with van der Waals surface area (Å²) >= 11 is 0. The molecule has 25 heteroatoms. The van der Waals surface area contributed by atoms with Crippen LogP contribution in [-0.4, -0.2) is 115 Å². The second-order valence-corrected chi connectivity index (χ2v) is 16.3. The number of anilines is 6. The van der Waals surface area contributed by atoms with E-state index in [2.05, 4.69) is 56.0 Å². The molecule has 3 N–H and O–H groups in total. The summed E-state index contributed by atoms with van der Waals surface area (Å²) in [6.07, 6.45) is -6.16. The summed E-state index contributed by atoms with van der Waals surface area (Å²) in [7, 11) is 0. The van der Waals surface area contributed by atoms with E-state index >= 15 is 0 Å². The molecule has 5 aromatic rings. The number of halogens is 6. The van der Waals surface area contributed by atoms with Crippen LogP contribution in [0.1, 0.15) is 60.5 Å². The molecule has 5 aromatic heterocycles. The maximum absolute atomic E-state index is 13.3. The Morgan fingerprint density at radius 3 is 1.70 bits per heavy atom. The molecule has 0 saturated carbocycles. The first-order chi connectivity index (χ1) is 31.9. The zero-order chi connectivity index (χ0) is 47.8. The van der Waals surface area contributed by atoms with Gasteiger partial charge in [0, 0.05) is 57.0 Å². The van der Waals surface area contributed by atoms with Crippen molar-refractivity contribution in [2.45, 2.75) is 64.0 Å². The Balaban J connectivity index is 0.000000182. The fourth-order valence-corrected chi connectivity index (χ4v) is 8.07. The summed E-state index contributed by atoms with van der Waals surface area (Å²) in [4.78, 5) is 78.6. The van der Waals surface area contributed by atoms with Crippen LogP contribution in [0.25, 0.3) is 16.2 Å². The molecular weight excluding hydrogens is 893 g/mol. The summed E-state index contributed by atoms with van der Waals surface area (Å²) in [5.74, 6) is -3.85. The number of fused-ring (bicyclic) bond motifs is 8. The maximum atomic E-state index is 13.3. The van der Waals surface area contributed by atoms with Gasteiger partial charge in [-0.05, 0) is 66.6 Å². The lowest BCUT2D eigenvalue weighted by Gasteiger charge is -2.35. The van der Waals surface area contributed by atoms with Gasteiger partial charge in [-0.25, -0.2) is 34.4 Å². The number of carbonyl (C=O) groups excluding carboxylic acids is 4. The van der Waals surface area contributed by atoms with E-state index in [1.165, 1.54) is 46.5 Å². The average molecular weight is 932 g/mol. The number of carbonyl (C=O) groups is 4. The third kappa shape index (κ3) is 9.77. The second kappa shape index (κ2) is 18.2. The molecule has 0 radical (unpaired) electrons. The number of hydrogen-bond acceptors (Lipinski definition) is 13. The first kappa shape index (κ1) is 45.8. The van der Waals surface area contributed by atoms with Crippen LogP contribution < -0.4 is 30.2 Å². The van der Waals surface area contributed by atoms with Crippen LogP contribution in [-0.2, 0) is 0 Å². The Hall–Kier alpha value is -7.78. The summed E-state index contributed by atoms with van der Waals surface area (Å²) in [5.41, 5.74) is 1.94. The Bertz CT molecular complexity index is 2750.